The molecular weight excluding hydrogens is 204 g/mol. The van der Waals surface area contributed by atoms with Gasteiger partial charge in [0, 0.05) is 13.5 Å². The average Bonchev–Trinajstić information content (AvgIpc) is 2.29. The van der Waals surface area contributed by atoms with Crippen LogP contribution >= 0.6 is 0 Å². The van der Waals surface area contributed by atoms with E-state index >= 15 is 0 Å². The van der Waals surface area contributed by atoms with Crippen LogP contribution < -0.4 is 4.74 Å². The normalized spacial score (nSPS) is 10.2. The third kappa shape index (κ3) is 2.61. The first-order chi connectivity index (χ1) is 7.61. The molecule has 0 fully saturated rings. The summed E-state index contributed by atoms with van der Waals surface area (Å²) in [6.45, 7) is 4.40. The molecule has 0 aromatic heterocycles. The molecular formula is C13H18O3. The maximum atomic E-state index is 11.9. The Balaban J connectivity index is 3.04. The lowest BCUT2D eigenvalue weighted by Crippen LogP contribution is -2.07. The third-order valence-electron chi connectivity index (χ3n) is 2.71. The number of Topliss-reactive ketones (excluding diaryl/α,β-unsaturated/α-hetero) is 1. The van der Waals surface area contributed by atoms with Gasteiger partial charge in [-0.15, -0.1) is 0 Å². The van der Waals surface area contributed by atoms with E-state index in [2.05, 4.69) is 0 Å². The minimum atomic E-state index is 0.0572. The SMILES string of the molecule is COCCC(=O)c1ccc(C)c(C)c1OC. The second kappa shape index (κ2) is 5.66. The number of carbonyl (C=O) groups excluding carboxylic acids is 1. The summed E-state index contributed by atoms with van der Waals surface area (Å²) in [6, 6.07) is 3.76. The Morgan fingerprint density at radius 3 is 2.50 bits per heavy atom. The first-order valence-corrected chi connectivity index (χ1v) is 5.28. The van der Waals surface area contributed by atoms with Gasteiger partial charge in [-0.3, -0.25) is 4.79 Å². The van der Waals surface area contributed by atoms with Gasteiger partial charge in [0.25, 0.3) is 0 Å². The summed E-state index contributed by atoms with van der Waals surface area (Å²) in [7, 11) is 3.18. The van der Waals surface area contributed by atoms with Crippen LogP contribution in [0.3, 0.4) is 0 Å². The molecule has 0 amide bonds. The Morgan fingerprint density at radius 1 is 1.25 bits per heavy atom. The summed E-state index contributed by atoms with van der Waals surface area (Å²) in [4.78, 5) is 11.9. The molecule has 3 heteroatoms. The minimum Gasteiger partial charge on any atom is -0.496 e. The van der Waals surface area contributed by atoms with Crippen LogP contribution in [0, 0.1) is 13.8 Å². The van der Waals surface area contributed by atoms with Gasteiger partial charge in [-0.25, -0.2) is 0 Å². The molecule has 0 radical (unpaired) electrons. The summed E-state index contributed by atoms with van der Waals surface area (Å²) in [5.74, 6) is 0.739. The molecule has 88 valence electrons. The highest BCUT2D eigenvalue weighted by molar-refractivity contribution is 5.99. The van der Waals surface area contributed by atoms with Crippen molar-refractivity contribution in [1.82, 2.24) is 0 Å². The van der Waals surface area contributed by atoms with Crippen molar-refractivity contribution in [2.75, 3.05) is 20.8 Å². The molecule has 0 spiro atoms. The molecule has 1 aromatic carbocycles. The topological polar surface area (TPSA) is 35.5 Å². The quantitative estimate of drug-likeness (QED) is 0.718. The van der Waals surface area contributed by atoms with Crippen molar-refractivity contribution < 1.29 is 14.3 Å². The van der Waals surface area contributed by atoms with E-state index in [9.17, 15) is 4.79 Å². The maximum Gasteiger partial charge on any atom is 0.168 e. The lowest BCUT2D eigenvalue weighted by atomic mass is 10.0. The first-order valence-electron chi connectivity index (χ1n) is 5.28. The molecule has 1 rings (SSSR count). The van der Waals surface area contributed by atoms with Gasteiger partial charge in [-0.1, -0.05) is 6.07 Å². The van der Waals surface area contributed by atoms with E-state index in [1.54, 1.807) is 14.2 Å². The van der Waals surface area contributed by atoms with Gasteiger partial charge in [-0.05, 0) is 31.0 Å². The highest BCUT2D eigenvalue weighted by atomic mass is 16.5. The number of methoxy groups -OCH3 is 2. The van der Waals surface area contributed by atoms with E-state index < -0.39 is 0 Å². The largest absolute Gasteiger partial charge is 0.496 e. The Kier molecular flexibility index (Phi) is 4.50. The van der Waals surface area contributed by atoms with Crippen LogP contribution in [0.2, 0.25) is 0 Å². The van der Waals surface area contributed by atoms with Crippen LogP contribution in [-0.2, 0) is 4.74 Å². The van der Waals surface area contributed by atoms with Crippen LogP contribution in [0.25, 0.3) is 0 Å². The summed E-state index contributed by atoms with van der Waals surface area (Å²) in [5, 5.41) is 0. The molecule has 0 N–H and O–H groups in total. The first kappa shape index (κ1) is 12.7. The highest BCUT2D eigenvalue weighted by Crippen LogP contribution is 2.27. The molecule has 1 aromatic rings. The van der Waals surface area contributed by atoms with Gasteiger partial charge in [0.2, 0.25) is 0 Å². The van der Waals surface area contributed by atoms with Crippen molar-refractivity contribution in [3.05, 3.63) is 28.8 Å². The van der Waals surface area contributed by atoms with Crippen LogP contribution in [0.1, 0.15) is 27.9 Å². The van der Waals surface area contributed by atoms with Crippen molar-refractivity contribution >= 4 is 5.78 Å². The van der Waals surface area contributed by atoms with Crippen LogP contribution in [-0.4, -0.2) is 26.6 Å². The van der Waals surface area contributed by atoms with E-state index in [4.69, 9.17) is 9.47 Å². The molecule has 0 aliphatic rings. The lowest BCUT2D eigenvalue weighted by molar-refractivity contribution is 0.0929. The second-order valence-corrected chi connectivity index (χ2v) is 3.75. The lowest BCUT2D eigenvalue weighted by Gasteiger charge is -2.12. The second-order valence-electron chi connectivity index (χ2n) is 3.75. The standard InChI is InChI=1S/C13H18O3/c1-9-5-6-11(12(14)7-8-15-3)13(16-4)10(9)2/h5-6H,7-8H2,1-4H3. The van der Waals surface area contributed by atoms with Crippen molar-refractivity contribution in [1.29, 1.82) is 0 Å². The highest BCUT2D eigenvalue weighted by Gasteiger charge is 2.14. The van der Waals surface area contributed by atoms with Crippen molar-refractivity contribution in [2.45, 2.75) is 20.3 Å². The molecule has 0 atom stereocenters. The summed E-state index contributed by atoms with van der Waals surface area (Å²) in [6.07, 6.45) is 0.384. The van der Waals surface area contributed by atoms with E-state index in [0.29, 0.717) is 24.3 Å². The van der Waals surface area contributed by atoms with Gasteiger partial charge in [0.05, 0.1) is 19.3 Å². The van der Waals surface area contributed by atoms with Gasteiger partial charge in [0.15, 0.2) is 5.78 Å². The molecule has 16 heavy (non-hydrogen) atoms. The van der Waals surface area contributed by atoms with Crippen LogP contribution in [0.4, 0.5) is 0 Å². The molecule has 0 aliphatic heterocycles. The minimum absolute atomic E-state index is 0.0572. The number of ether oxygens (including phenoxy) is 2. The number of rotatable bonds is 5. The number of ketones is 1. The predicted octanol–water partition coefficient (Wildman–Crippen LogP) is 2.53. The zero-order chi connectivity index (χ0) is 12.1. The van der Waals surface area contributed by atoms with Gasteiger partial charge >= 0.3 is 0 Å². The Morgan fingerprint density at radius 2 is 1.94 bits per heavy atom. The number of hydrogen-bond donors (Lipinski definition) is 0. The Labute approximate surface area is 96.4 Å². The van der Waals surface area contributed by atoms with E-state index in [1.165, 1.54) is 0 Å². The predicted molar refractivity (Wildman–Crippen MR) is 63.3 cm³/mol. The number of carbonyl (C=O) groups is 1. The smallest absolute Gasteiger partial charge is 0.168 e. The summed E-state index contributed by atoms with van der Waals surface area (Å²) >= 11 is 0. The molecule has 0 aliphatic carbocycles. The van der Waals surface area contributed by atoms with Crippen molar-refractivity contribution in [2.24, 2.45) is 0 Å². The Hall–Kier alpha value is -1.35. The van der Waals surface area contributed by atoms with Crippen molar-refractivity contribution in [3.63, 3.8) is 0 Å². The number of hydrogen-bond acceptors (Lipinski definition) is 3. The van der Waals surface area contributed by atoms with E-state index in [-0.39, 0.29) is 5.78 Å². The van der Waals surface area contributed by atoms with Crippen molar-refractivity contribution in [3.8, 4) is 5.75 Å². The van der Waals surface area contributed by atoms with E-state index in [0.717, 1.165) is 11.1 Å². The number of aryl methyl sites for hydroxylation is 1. The summed E-state index contributed by atoms with van der Waals surface area (Å²) < 4.78 is 10.2. The molecule has 0 unspecified atom stereocenters. The zero-order valence-electron chi connectivity index (χ0n) is 10.3. The summed E-state index contributed by atoms with van der Waals surface area (Å²) in [5.41, 5.74) is 2.79. The molecule has 0 saturated heterocycles. The van der Waals surface area contributed by atoms with Gasteiger partial charge in [-0.2, -0.15) is 0 Å². The van der Waals surface area contributed by atoms with Crippen LogP contribution in [0.15, 0.2) is 12.1 Å². The van der Waals surface area contributed by atoms with Gasteiger partial charge < -0.3 is 9.47 Å². The fourth-order valence-corrected chi connectivity index (χ4v) is 1.60. The van der Waals surface area contributed by atoms with E-state index in [1.807, 2.05) is 26.0 Å². The fraction of sp³-hybridized carbons (Fsp3) is 0.462. The van der Waals surface area contributed by atoms with Gasteiger partial charge in [0.1, 0.15) is 5.75 Å². The molecule has 0 bridgehead atoms. The molecule has 3 nitrogen and oxygen atoms in total. The number of benzene rings is 1. The zero-order valence-corrected chi connectivity index (χ0v) is 10.3. The average molecular weight is 222 g/mol. The fourth-order valence-electron chi connectivity index (χ4n) is 1.60. The molecule has 0 saturated carbocycles. The monoisotopic (exact) mass is 222 g/mol. The Bertz CT molecular complexity index is 383. The van der Waals surface area contributed by atoms with Crippen LogP contribution in [0.5, 0.6) is 5.75 Å². The molecule has 0 heterocycles. The maximum absolute atomic E-state index is 11.9. The third-order valence-corrected chi connectivity index (χ3v) is 2.71.